The van der Waals surface area contributed by atoms with Crippen LogP contribution in [0.5, 0.6) is 0 Å². The van der Waals surface area contributed by atoms with Crippen LogP contribution in [0.1, 0.15) is 32.6 Å². The van der Waals surface area contributed by atoms with Crippen molar-refractivity contribution in [3.8, 4) is 6.07 Å². The molecule has 0 saturated heterocycles. The zero-order valence-electron chi connectivity index (χ0n) is 7.89. The van der Waals surface area contributed by atoms with Crippen LogP contribution >= 0.6 is 0 Å². The lowest BCUT2D eigenvalue weighted by atomic mass is 10.1. The summed E-state index contributed by atoms with van der Waals surface area (Å²) in [4.78, 5) is 11.5. The van der Waals surface area contributed by atoms with Crippen molar-refractivity contribution in [2.75, 3.05) is 6.54 Å². The number of nitrogens with one attached hydrogen (secondary N) is 1. The van der Waals surface area contributed by atoms with Gasteiger partial charge in [-0.3, -0.25) is 4.79 Å². The van der Waals surface area contributed by atoms with Crippen LogP contribution < -0.4 is 5.32 Å². The molecular weight excluding hydrogens is 164 g/mol. The molecule has 0 aliphatic heterocycles. The Morgan fingerprint density at radius 3 is 2.46 bits per heavy atom. The third-order valence-corrected chi connectivity index (χ3v) is 3.18. The largest absolute Gasteiger partial charge is 0.354 e. The van der Waals surface area contributed by atoms with Gasteiger partial charge in [-0.1, -0.05) is 6.92 Å². The van der Waals surface area contributed by atoms with Gasteiger partial charge in [-0.2, -0.15) is 5.26 Å². The minimum atomic E-state index is -0.648. The maximum absolute atomic E-state index is 11.5. The minimum Gasteiger partial charge on any atom is -0.354 e. The molecule has 2 fully saturated rings. The van der Waals surface area contributed by atoms with Gasteiger partial charge < -0.3 is 5.32 Å². The van der Waals surface area contributed by atoms with Gasteiger partial charge >= 0.3 is 0 Å². The molecule has 1 N–H and O–H groups in total. The van der Waals surface area contributed by atoms with Gasteiger partial charge in [0.15, 0.2) is 0 Å². The Kier molecular flexibility index (Phi) is 1.63. The Labute approximate surface area is 78.1 Å². The van der Waals surface area contributed by atoms with Gasteiger partial charge in [0.25, 0.3) is 0 Å². The number of carbonyl (C=O) groups is 1. The number of carbonyl (C=O) groups excluding carboxylic acids is 1. The fourth-order valence-corrected chi connectivity index (χ4v) is 1.37. The van der Waals surface area contributed by atoms with Gasteiger partial charge in [0.1, 0.15) is 5.41 Å². The minimum absolute atomic E-state index is 0.0527. The molecule has 1 amide bonds. The van der Waals surface area contributed by atoms with Crippen molar-refractivity contribution in [3.63, 3.8) is 0 Å². The SMILES string of the molecule is CC1(CNC(=O)C2(C#N)CC2)CC1. The normalized spacial score (nSPS) is 25.8. The fourth-order valence-electron chi connectivity index (χ4n) is 1.37. The smallest absolute Gasteiger partial charge is 0.240 e. The number of hydrogen-bond acceptors (Lipinski definition) is 2. The first-order chi connectivity index (χ1) is 6.10. The number of nitrogens with zero attached hydrogens (tertiary/aromatic N) is 1. The summed E-state index contributed by atoms with van der Waals surface area (Å²) in [5, 5.41) is 11.6. The molecule has 2 rings (SSSR count). The lowest BCUT2D eigenvalue weighted by molar-refractivity contribution is -0.124. The topological polar surface area (TPSA) is 52.9 Å². The summed E-state index contributed by atoms with van der Waals surface area (Å²) in [6, 6.07) is 2.10. The highest BCUT2D eigenvalue weighted by atomic mass is 16.2. The number of hydrogen-bond donors (Lipinski definition) is 1. The van der Waals surface area contributed by atoms with E-state index in [0.717, 1.165) is 19.4 Å². The van der Waals surface area contributed by atoms with Crippen LogP contribution in [0.3, 0.4) is 0 Å². The predicted molar refractivity (Wildman–Crippen MR) is 47.6 cm³/mol. The molecule has 0 bridgehead atoms. The van der Waals surface area contributed by atoms with Crippen molar-refractivity contribution in [2.45, 2.75) is 32.6 Å². The first-order valence-corrected chi connectivity index (χ1v) is 4.80. The molecule has 0 aromatic heterocycles. The van der Waals surface area contributed by atoms with Crippen molar-refractivity contribution in [3.05, 3.63) is 0 Å². The molecule has 2 saturated carbocycles. The van der Waals surface area contributed by atoms with Crippen molar-refractivity contribution >= 4 is 5.91 Å². The molecule has 0 atom stereocenters. The Balaban J connectivity index is 1.83. The van der Waals surface area contributed by atoms with E-state index in [1.165, 1.54) is 12.8 Å². The quantitative estimate of drug-likeness (QED) is 0.706. The van der Waals surface area contributed by atoms with Gasteiger partial charge in [-0.25, -0.2) is 0 Å². The van der Waals surface area contributed by atoms with E-state index < -0.39 is 5.41 Å². The molecule has 0 spiro atoms. The molecule has 13 heavy (non-hydrogen) atoms. The van der Waals surface area contributed by atoms with Gasteiger partial charge in [0, 0.05) is 6.54 Å². The predicted octanol–water partition coefficient (Wildman–Crippen LogP) is 1.21. The summed E-state index contributed by atoms with van der Waals surface area (Å²) in [5.41, 5.74) is -0.313. The van der Waals surface area contributed by atoms with E-state index in [-0.39, 0.29) is 5.91 Å². The van der Waals surface area contributed by atoms with Crippen LogP contribution in [-0.2, 0) is 4.79 Å². The van der Waals surface area contributed by atoms with Crippen LogP contribution in [0.25, 0.3) is 0 Å². The molecular formula is C10H14N2O. The first-order valence-electron chi connectivity index (χ1n) is 4.80. The van der Waals surface area contributed by atoms with Gasteiger partial charge in [-0.05, 0) is 31.1 Å². The Morgan fingerprint density at radius 1 is 1.46 bits per heavy atom. The Bertz CT molecular complexity index is 282. The third kappa shape index (κ3) is 1.53. The van der Waals surface area contributed by atoms with E-state index in [0.29, 0.717) is 5.41 Å². The highest BCUT2D eigenvalue weighted by Gasteiger charge is 2.51. The van der Waals surface area contributed by atoms with E-state index in [1.807, 2.05) is 0 Å². The number of nitriles is 1. The van der Waals surface area contributed by atoms with Gasteiger partial charge in [-0.15, -0.1) is 0 Å². The average molecular weight is 178 g/mol. The Morgan fingerprint density at radius 2 is 2.08 bits per heavy atom. The van der Waals surface area contributed by atoms with E-state index >= 15 is 0 Å². The molecule has 3 heteroatoms. The van der Waals surface area contributed by atoms with E-state index in [2.05, 4.69) is 18.3 Å². The van der Waals surface area contributed by atoms with Crippen LogP contribution in [0.15, 0.2) is 0 Å². The van der Waals surface area contributed by atoms with Crippen LogP contribution in [0.4, 0.5) is 0 Å². The van der Waals surface area contributed by atoms with Crippen LogP contribution in [-0.4, -0.2) is 12.5 Å². The summed E-state index contributed by atoms with van der Waals surface area (Å²) in [5.74, 6) is -0.0527. The number of rotatable bonds is 3. The highest BCUT2D eigenvalue weighted by Crippen LogP contribution is 2.47. The van der Waals surface area contributed by atoms with E-state index in [4.69, 9.17) is 5.26 Å². The van der Waals surface area contributed by atoms with Crippen molar-refractivity contribution in [1.29, 1.82) is 5.26 Å². The van der Waals surface area contributed by atoms with Gasteiger partial charge in [0.2, 0.25) is 5.91 Å². The van der Waals surface area contributed by atoms with Crippen LogP contribution in [0, 0.1) is 22.2 Å². The maximum atomic E-state index is 11.5. The third-order valence-electron chi connectivity index (χ3n) is 3.18. The molecule has 3 nitrogen and oxygen atoms in total. The van der Waals surface area contributed by atoms with Crippen molar-refractivity contribution < 1.29 is 4.79 Å². The van der Waals surface area contributed by atoms with E-state index in [1.54, 1.807) is 0 Å². The van der Waals surface area contributed by atoms with Crippen LogP contribution in [0.2, 0.25) is 0 Å². The van der Waals surface area contributed by atoms with E-state index in [9.17, 15) is 4.79 Å². The number of amides is 1. The average Bonchev–Trinajstić information content (AvgIpc) is 2.98. The van der Waals surface area contributed by atoms with Gasteiger partial charge in [0.05, 0.1) is 6.07 Å². The molecule has 0 aromatic carbocycles. The first kappa shape index (κ1) is 8.55. The van der Waals surface area contributed by atoms with Crippen molar-refractivity contribution in [1.82, 2.24) is 5.32 Å². The molecule has 2 aliphatic carbocycles. The molecule has 70 valence electrons. The summed E-state index contributed by atoms with van der Waals surface area (Å²) >= 11 is 0. The fraction of sp³-hybridized carbons (Fsp3) is 0.800. The standard InChI is InChI=1S/C10H14N2O/c1-9(2-3-9)7-12-8(13)10(6-11)4-5-10/h2-5,7H2,1H3,(H,12,13). The Hall–Kier alpha value is -1.04. The second-order valence-corrected chi connectivity index (χ2v) is 4.69. The molecule has 0 aromatic rings. The molecule has 2 aliphatic rings. The molecule has 0 heterocycles. The summed E-state index contributed by atoms with van der Waals surface area (Å²) in [6.07, 6.45) is 3.89. The summed E-state index contributed by atoms with van der Waals surface area (Å²) < 4.78 is 0. The maximum Gasteiger partial charge on any atom is 0.240 e. The molecule has 0 unspecified atom stereocenters. The molecule has 0 radical (unpaired) electrons. The summed E-state index contributed by atoms with van der Waals surface area (Å²) in [7, 11) is 0. The second kappa shape index (κ2) is 2.47. The lowest BCUT2D eigenvalue weighted by Crippen LogP contribution is -2.34. The zero-order valence-corrected chi connectivity index (χ0v) is 7.89. The second-order valence-electron chi connectivity index (χ2n) is 4.69. The highest BCUT2D eigenvalue weighted by molar-refractivity contribution is 5.88. The zero-order chi connectivity index (χ0) is 9.53. The summed E-state index contributed by atoms with van der Waals surface area (Å²) in [6.45, 7) is 2.91. The van der Waals surface area contributed by atoms with Crippen molar-refractivity contribution in [2.24, 2.45) is 10.8 Å². The monoisotopic (exact) mass is 178 g/mol. The lowest BCUT2D eigenvalue weighted by Gasteiger charge is -2.11.